The fourth-order valence-corrected chi connectivity index (χ4v) is 6.58. The molecule has 2 atom stereocenters. The number of para-hydroxylation sites is 1. The number of hydrogen-bond donors (Lipinski definition) is 5. The largest absolute Gasteiger partial charge is 0.364 e. The second kappa shape index (κ2) is 9.79. The van der Waals surface area contributed by atoms with Crippen molar-refractivity contribution in [2.75, 3.05) is 36.8 Å². The van der Waals surface area contributed by atoms with Crippen LogP contribution in [0.5, 0.6) is 0 Å². The highest BCUT2D eigenvalue weighted by Crippen LogP contribution is 2.55. The van der Waals surface area contributed by atoms with Gasteiger partial charge in [0.1, 0.15) is 0 Å². The van der Waals surface area contributed by atoms with E-state index < -0.39 is 22.4 Å². The lowest BCUT2D eigenvalue weighted by Crippen LogP contribution is -2.45. The van der Waals surface area contributed by atoms with E-state index in [0.717, 1.165) is 17.8 Å². The standard InChI is InChI=1S/C25H32N4O5S/c30-24(26-21-16-28(13-17-5-6-17)15-20(21)25(31)27-32)19-9-7-18(8-10-19)14-29-11-12-35(33,34)23-4-2-1-3-22(23)29/h1-4,7-10,17,20-21,32-34H,5-6,11-16H2,(H,26,30)(H,27,31)/t20-,21+/m0/s1. The van der Waals surface area contributed by atoms with Crippen LogP contribution < -0.4 is 15.7 Å². The van der Waals surface area contributed by atoms with Gasteiger partial charge in [0.15, 0.2) is 0 Å². The molecule has 1 saturated carbocycles. The summed E-state index contributed by atoms with van der Waals surface area (Å²) in [6, 6.07) is 14.3. The van der Waals surface area contributed by atoms with Crippen LogP contribution in [0.15, 0.2) is 53.4 Å². The highest BCUT2D eigenvalue weighted by atomic mass is 32.3. The predicted octanol–water partition coefficient (Wildman–Crippen LogP) is 2.76. The summed E-state index contributed by atoms with van der Waals surface area (Å²) in [7, 11) is -2.76. The summed E-state index contributed by atoms with van der Waals surface area (Å²) in [5.74, 6) is -0.236. The maximum absolute atomic E-state index is 12.9. The Kier molecular flexibility index (Phi) is 6.73. The predicted molar refractivity (Wildman–Crippen MR) is 134 cm³/mol. The third kappa shape index (κ3) is 5.31. The van der Waals surface area contributed by atoms with Crippen molar-refractivity contribution in [3.05, 3.63) is 59.7 Å². The van der Waals surface area contributed by atoms with Crippen LogP contribution in [0.3, 0.4) is 0 Å². The summed E-state index contributed by atoms with van der Waals surface area (Å²) < 4.78 is 20.8. The molecule has 188 valence electrons. The van der Waals surface area contributed by atoms with Crippen molar-refractivity contribution in [1.29, 1.82) is 0 Å². The number of nitrogens with one attached hydrogen (secondary N) is 2. The summed E-state index contributed by atoms with van der Waals surface area (Å²) in [4.78, 5) is 30.0. The van der Waals surface area contributed by atoms with E-state index in [0.29, 0.717) is 48.3 Å². The number of amides is 2. The fourth-order valence-electron chi connectivity index (χ4n) is 5.06. The molecule has 3 aliphatic rings. The number of fused-ring (bicyclic) bond motifs is 1. The van der Waals surface area contributed by atoms with Gasteiger partial charge in [-0.3, -0.25) is 23.9 Å². The molecule has 2 heterocycles. The zero-order valence-electron chi connectivity index (χ0n) is 19.5. The average molecular weight is 501 g/mol. The SMILES string of the molecule is O=C(N[C@@H]1CN(CC2CC2)C[C@@H]1C(=O)NO)c1ccc(CN2CCS(O)(O)c3ccccc32)cc1. The second-order valence-electron chi connectivity index (χ2n) is 9.78. The van der Waals surface area contributed by atoms with E-state index in [1.807, 2.05) is 30.3 Å². The molecule has 35 heavy (non-hydrogen) atoms. The Morgan fingerprint density at radius 2 is 1.77 bits per heavy atom. The molecule has 0 radical (unpaired) electrons. The lowest BCUT2D eigenvalue weighted by Gasteiger charge is -2.43. The van der Waals surface area contributed by atoms with Gasteiger partial charge in [-0.1, -0.05) is 24.3 Å². The summed E-state index contributed by atoms with van der Waals surface area (Å²) in [5.41, 5.74) is 4.08. The Morgan fingerprint density at radius 3 is 2.49 bits per heavy atom. The average Bonchev–Trinajstić information content (AvgIpc) is 3.59. The topological polar surface area (TPSA) is 125 Å². The van der Waals surface area contributed by atoms with Gasteiger partial charge in [-0.25, -0.2) is 5.48 Å². The molecule has 2 aromatic rings. The first-order valence-electron chi connectivity index (χ1n) is 12.0. The van der Waals surface area contributed by atoms with Gasteiger partial charge < -0.3 is 15.1 Å². The number of carbonyl (C=O) groups is 2. The van der Waals surface area contributed by atoms with Crippen molar-refractivity contribution in [1.82, 2.24) is 15.7 Å². The van der Waals surface area contributed by atoms with E-state index in [1.165, 1.54) is 12.8 Å². The van der Waals surface area contributed by atoms with Crippen LogP contribution >= 0.6 is 10.6 Å². The normalized spacial score (nSPS) is 24.5. The quantitative estimate of drug-likeness (QED) is 0.292. The molecule has 5 N–H and O–H groups in total. The number of benzene rings is 2. The number of rotatable bonds is 7. The summed E-state index contributed by atoms with van der Waals surface area (Å²) in [6.45, 7) is 3.16. The molecule has 1 saturated heterocycles. The van der Waals surface area contributed by atoms with E-state index in [4.69, 9.17) is 5.21 Å². The van der Waals surface area contributed by atoms with Gasteiger partial charge >= 0.3 is 0 Å². The molecular formula is C25H32N4O5S. The Balaban J connectivity index is 1.23. The van der Waals surface area contributed by atoms with E-state index in [2.05, 4.69) is 15.1 Å². The highest BCUT2D eigenvalue weighted by molar-refractivity contribution is 8.24. The van der Waals surface area contributed by atoms with Crippen LogP contribution in [0.2, 0.25) is 0 Å². The Hall–Kier alpha value is -2.63. The highest BCUT2D eigenvalue weighted by Gasteiger charge is 2.40. The number of hydrogen-bond acceptors (Lipinski definition) is 7. The second-order valence-corrected chi connectivity index (χ2v) is 12.0. The minimum Gasteiger partial charge on any atom is -0.364 e. The van der Waals surface area contributed by atoms with Crippen molar-refractivity contribution in [2.45, 2.75) is 30.3 Å². The lowest BCUT2D eigenvalue weighted by molar-refractivity contribution is -0.133. The van der Waals surface area contributed by atoms with Crippen molar-refractivity contribution < 1.29 is 23.9 Å². The van der Waals surface area contributed by atoms with Crippen LogP contribution in [0.25, 0.3) is 0 Å². The molecule has 2 aromatic carbocycles. The summed E-state index contributed by atoms with van der Waals surface area (Å²) >= 11 is 0. The Morgan fingerprint density at radius 1 is 1.03 bits per heavy atom. The summed E-state index contributed by atoms with van der Waals surface area (Å²) in [5, 5.41) is 12.1. The monoisotopic (exact) mass is 500 g/mol. The number of nitrogens with zero attached hydrogens (tertiary/aromatic N) is 2. The van der Waals surface area contributed by atoms with Gasteiger partial charge in [-0.05, 0) is 48.6 Å². The smallest absolute Gasteiger partial charge is 0.251 e. The molecule has 0 bridgehead atoms. The van der Waals surface area contributed by atoms with Gasteiger partial charge in [0, 0.05) is 38.3 Å². The molecule has 9 nitrogen and oxygen atoms in total. The first-order valence-corrected chi connectivity index (χ1v) is 13.7. The van der Waals surface area contributed by atoms with Crippen LogP contribution in [0.1, 0.15) is 28.8 Å². The summed E-state index contributed by atoms with van der Waals surface area (Å²) in [6.07, 6.45) is 2.42. The van der Waals surface area contributed by atoms with Gasteiger partial charge in [0.2, 0.25) is 5.91 Å². The molecular weight excluding hydrogens is 468 g/mol. The van der Waals surface area contributed by atoms with Crippen molar-refractivity contribution >= 4 is 28.1 Å². The van der Waals surface area contributed by atoms with Gasteiger partial charge in [-0.2, -0.15) is 10.6 Å². The first kappa shape index (κ1) is 24.1. The third-order valence-corrected chi connectivity index (χ3v) is 8.97. The third-order valence-electron chi connectivity index (χ3n) is 7.17. The minimum atomic E-state index is -2.76. The molecule has 2 aliphatic heterocycles. The van der Waals surface area contributed by atoms with Crippen molar-refractivity contribution in [3.8, 4) is 0 Å². The maximum atomic E-state index is 12.9. The number of carbonyl (C=O) groups excluding carboxylic acids is 2. The molecule has 2 fully saturated rings. The molecule has 0 unspecified atom stereocenters. The van der Waals surface area contributed by atoms with E-state index in [1.54, 1.807) is 23.7 Å². The fraction of sp³-hybridized carbons (Fsp3) is 0.440. The van der Waals surface area contributed by atoms with Crippen LogP contribution in [-0.2, 0) is 11.3 Å². The van der Waals surface area contributed by atoms with E-state index in [-0.39, 0.29) is 11.9 Å². The zero-order valence-corrected chi connectivity index (χ0v) is 20.3. The van der Waals surface area contributed by atoms with Crippen LogP contribution in [0.4, 0.5) is 5.69 Å². The molecule has 2 amide bonds. The van der Waals surface area contributed by atoms with E-state index in [9.17, 15) is 18.7 Å². The molecule has 0 spiro atoms. The van der Waals surface area contributed by atoms with Gasteiger partial charge in [0.05, 0.1) is 28.3 Å². The molecule has 5 rings (SSSR count). The molecule has 10 heteroatoms. The minimum absolute atomic E-state index is 0.247. The lowest BCUT2D eigenvalue weighted by atomic mass is 10.0. The Bertz CT molecular complexity index is 1090. The van der Waals surface area contributed by atoms with Crippen molar-refractivity contribution in [3.63, 3.8) is 0 Å². The number of likely N-dealkylation sites (tertiary alicyclic amines) is 1. The first-order chi connectivity index (χ1) is 16.8. The van der Waals surface area contributed by atoms with E-state index >= 15 is 0 Å². The van der Waals surface area contributed by atoms with Crippen molar-refractivity contribution in [2.24, 2.45) is 11.8 Å². The van der Waals surface area contributed by atoms with Crippen LogP contribution in [-0.4, -0.2) is 69.0 Å². The number of anilines is 1. The Labute approximate surface area is 206 Å². The molecule has 0 aromatic heterocycles. The van der Waals surface area contributed by atoms with Gasteiger partial charge in [-0.15, -0.1) is 0 Å². The maximum Gasteiger partial charge on any atom is 0.251 e. The van der Waals surface area contributed by atoms with Crippen LogP contribution in [0, 0.1) is 11.8 Å². The van der Waals surface area contributed by atoms with Gasteiger partial charge in [0.25, 0.3) is 5.91 Å². The zero-order chi connectivity index (χ0) is 24.6. The molecule has 1 aliphatic carbocycles. The number of hydroxylamine groups is 1.